The predicted molar refractivity (Wildman–Crippen MR) is 157 cm³/mol. The van der Waals surface area contributed by atoms with Crippen LogP contribution in [0.15, 0.2) is 50.6 Å². The largest absolute Gasteiger partial charge is 0.478 e. The van der Waals surface area contributed by atoms with Gasteiger partial charge >= 0.3 is 23.9 Å². The fraction of sp³-hybridized carbons (Fsp3) is 0.586. The summed E-state index contributed by atoms with van der Waals surface area (Å²) < 4.78 is 4.91. The molecule has 0 aromatic heterocycles. The van der Waals surface area contributed by atoms with Crippen LogP contribution in [0.4, 0.5) is 0 Å². The average molecular weight is 593 g/mol. The van der Waals surface area contributed by atoms with E-state index in [1.165, 1.54) is 63.9 Å². The van der Waals surface area contributed by atoms with Crippen LogP contribution in [0.3, 0.4) is 0 Å². The third-order valence-corrected chi connectivity index (χ3v) is 4.77. The van der Waals surface area contributed by atoms with Crippen molar-refractivity contribution in [3.8, 4) is 0 Å². The van der Waals surface area contributed by atoms with Gasteiger partial charge in [-0.05, 0) is 6.42 Å². The van der Waals surface area contributed by atoms with Gasteiger partial charge in [0.15, 0.2) is 0 Å². The van der Waals surface area contributed by atoms with Gasteiger partial charge in [0.25, 0.3) is 0 Å². The van der Waals surface area contributed by atoms with E-state index in [4.69, 9.17) is 40.5 Å². The first-order valence-electron chi connectivity index (χ1n) is 13.2. The molecule has 12 heteroatoms. The topological polar surface area (TPSA) is 219 Å². The Morgan fingerprint density at radius 3 is 1.02 bits per heavy atom. The lowest BCUT2D eigenvalue weighted by Gasteiger charge is -2.23. The van der Waals surface area contributed by atoms with Crippen molar-refractivity contribution >= 4 is 23.9 Å². The summed E-state index contributed by atoms with van der Waals surface area (Å²) in [7, 11) is 0. The van der Waals surface area contributed by atoms with E-state index in [1.807, 2.05) is 0 Å². The lowest BCUT2D eigenvalue weighted by Crippen LogP contribution is -2.37. The van der Waals surface area contributed by atoms with Crippen LogP contribution in [0, 0.1) is 5.41 Å². The van der Waals surface area contributed by atoms with Gasteiger partial charge in [0.05, 0.1) is 38.4 Å². The number of hydrogen-bond acceptors (Lipinski definition) is 9. The smallest absolute Gasteiger partial charge is 0.330 e. The maximum Gasteiger partial charge on any atom is 0.330 e. The van der Waals surface area contributed by atoms with Crippen LogP contribution in [0.25, 0.3) is 0 Å². The molecule has 0 heterocycles. The molecule has 0 aliphatic rings. The Bertz CT molecular complexity index is 625. The number of carboxylic acids is 3. The number of aliphatic hydroxyl groups excluding tert-OH is 4. The molecule has 0 unspecified atom stereocenters. The number of unbranched alkanes of at least 4 members (excludes halogenated alkanes) is 9. The highest BCUT2D eigenvalue weighted by molar-refractivity contribution is 5.81. The zero-order valence-corrected chi connectivity index (χ0v) is 24.4. The minimum atomic E-state index is -1.11. The summed E-state index contributed by atoms with van der Waals surface area (Å²) in [6, 6.07) is 0. The van der Waals surface area contributed by atoms with Crippen LogP contribution in [-0.2, 0) is 23.9 Å². The van der Waals surface area contributed by atoms with E-state index in [2.05, 4.69) is 33.2 Å². The Morgan fingerprint density at radius 2 is 0.829 bits per heavy atom. The molecule has 12 nitrogen and oxygen atoms in total. The molecule has 0 fully saturated rings. The number of carbonyl (C=O) groups excluding carboxylic acids is 1. The molecule has 41 heavy (non-hydrogen) atoms. The SMILES string of the molecule is C=CC(=O)O.C=CC(=O)O.C=CC(=O)O.C=CC(=O)OCCCCCCCCCCCC.OCC(CO)(CO)CO. The zero-order chi connectivity index (χ0) is 33.0. The van der Waals surface area contributed by atoms with Gasteiger partial charge in [0, 0.05) is 24.3 Å². The number of carboxylic acid groups (broad SMARTS) is 3. The molecule has 0 saturated heterocycles. The van der Waals surface area contributed by atoms with E-state index in [-0.39, 0.29) is 5.97 Å². The Hall–Kier alpha value is -3.32. The number of carbonyl (C=O) groups is 4. The Morgan fingerprint density at radius 1 is 0.561 bits per heavy atom. The number of aliphatic carboxylic acids is 3. The van der Waals surface area contributed by atoms with E-state index in [1.54, 1.807) is 0 Å². The van der Waals surface area contributed by atoms with Gasteiger partial charge in [0.2, 0.25) is 0 Å². The maximum absolute atomic E-state index is 10.7. The monoisotopic (exact) mass is 592 g/mol. The van der Waals surface area contributed by atoms with Gasteiger partial charge in [-0.1, -0.05) is 91.0 Å². The molecule has 0 aromatic rings. The molecule has 0 amide bonds. The number of ether oxygens (including phenoxy) is 1. The summed E-state index contributed by atoms with van der Waals surface area (Å²) >= 11 is 0. The van der Waals surface area contributed by atoms with Gasteiger partial charge in [0.1, 0.15) is 0 Å². The number of rotatable bonds is 19. The van der Waals surface area contributed by atoms with Crippen LogP contribution < -0.4 is 0 Å². The molecule has 0 aliphatic carbocycles. The van der Waals surface area contributed by atoms with Crippen molar-refractivity contribution in [3.05, 3.63) is 50.6 Å². The number of hydrogen-bond donors (Lipinski definition) is 7. The molecule has 0 spiro atoms. The average Bonchev–Trinajstić information content (AvgIpc) is 2.98. The van der Waals surface area contributed by atoms with Gasteiger partial charge in [-0.25, -0.2) is 19.2 Å². The molecule has 7 N–H and O–H groups in total. The fourth-order valence-corrected chi connectivity index (χ4v) is 2.12. The highest BCUT2D eigenvalue weighted by Gasteiger charge is 2.26. The van der Waals surface area contributed by atoms with E-state index in [0.29, 0.717) is 6.61 Å². The lowest BCUT2D eigenvalue weighted by molar-refractivity contribution is -0.138. The summed E-state index contributed by atoms with van der Waals surface area (Å²) in [6.07, 6.45) is 16.7. The second-order valence-electron chi connectivity index (χ2n) is 8.31. The summed E-state index contributed by atoms with van der Waals surface area (Å²) in [5.74, 6) is -3.25. The maximum atomic E-state index is 10.7. The van der Waals surface area contributed by atoms with Gasteiger partial charge in [-0.2, -0.15) is 0 Å². The van der Waals surface area contributed by atoms with Crippen molar-refractivity contribution in [2.45, 2.75) is 71.1 Å². The fourth-order valence-electron chi connectivity index (χ4n) is 2.12. The van der Waals surface area contributed by atoms with Crippen LogP contribution in [0.5, 0.6) is 0 Å². The molecule has 0 radical (unpaired) electrons. The first-order valence-corrected chi connectivity index (χ1v) is 13.2. The summed E-state index contributed by atoms with van der Waals surface area (Å²) in [4.78, 5) is 38.5. The summed E-state index contributed by atoms with van der Waals surface area (Å²) in [5.41, 5.74) is -1.11. The minimum absolute atomic E-state index is 0.305. The molecule has 0 rings (SSSR count). The molecule has 0 aliphatic heterocycles. The zero-order valence-electron chi connectivity index (χ0n) is 24.4. The molecule has 0 atom stereocenters. The molecule has 0 bridgehead atoms. The van der Waals surface area contributed by atoms with Crippen molar-refractivity contribution in [1.82, 2.24) is 0 Å². The van der Waals surface area contributed by atoms with Crippen LogP contribution in [0.2, 0.25) is 0 Å². The van der Waals surface area contributed by atoms with Crippen LogP contribution >= 0.6 is 0 Å². The Balaban J connectivity index is -0.000000150. The van der Waals surface area contributed by atoms with E-state index < -0.39 is 49.8 Å². The Kier molecular flexibility index (Phi) is 45.0. The lowest BCUT2D eigenvalue weighted by atomic mass is 9.93. The number of aliphatic hydroxyl groups is 4. The highest BCUT2D eigenvalue weighted by atomic mass is 16.5. The number of esters is 1. The predicted octanol–water partition coefficient (Wildman–Crippen LogP) is 3.35. The van der Waals surface area contributed by atoms with Crippen LogP contribution in [0.1, 0.15) is 71.1 Å². The molecule has 0 saturated carbocycles. The molecule has 0 aromatic carbocycles. The normalized spacial score (nSPS) is 9.20. The van der Waals surface area contributed by atoms with Crippen molar-refractivity contribution in [1.29, 1.82) is 0 Å². The van der Waals surface area contributed by atoms with Crippen LogP contribution in [-0.4, -0.2) is 92.7 Å². The van der Waals surface area contributed by atoms with Crippen molar-refractivity contribution in [3.63, 3.8) is 0 Å². The second-order valence-corrected chi connectivity index (χ2v) is 8.31. The van der Waals surface area contributed by atoms with Crippen molar-refractivity contribution in [2.24, 2.45) is 5.41 Å². The van der Waals surface area contributed by atoms with Gasteiger partial charge in [-0.15, -0.1) is 0 Å². The highest BCUT2D eigenvalue weighted by Crippen LogP contribution is 2.12. The quantitative estimate of drug-likeness (QED) is 0.0652. The van der Waals surface area contributed by atoms with E-state index in [9.17, 15) is 19.2 Å². The second kappa shape index (κ2) is 38.8. The van der Waals surface area contributed by atoms with E-state index >= 15 is 0 Å². The van der Waals surface area contributed by atoms with Gasteiger partial charge in [-0.3, -0.25) is 0 Å². The molecule has 240 valence electrons. The summed E-state index contributed by atoms with van der Waals surface area (Å²) in [5, 5.41) is 56.8. The molecular weight excluding hydrogens is 540 g/mol. The van der Waals surface area contributed by atoms with Crippen molar-refractivity contribution < 1.29 is 59.7 Å². The third kappa shape index (κ3) is 50.1. The minimum Gasteiger partial charge on any atom is -0.478 e. The standard InChI is InChI=1S/C15H28O2.C5H12O4.3C3H4O2/c1-3-5-6-7-8-9-10-11-12-13-14-17-15(16)4-2;6-1-5(2-7,3-8)4-9;3*1-2-3(4)5/h4H,2-3,5-14H2,1H3;6-9H,1-4H2;3*2H,1H2,(H,4,5). The third-order valence-electron chi connectivity index (χ3n) is 4.77. The first-order chi connectivity index (χ1) is 19.4. The van der Waals surface area contributed by atoms with Gasteiger partial charge < -0.3 is 40.5 Å². The van der Waals surface area contributed by atoms with E-state index in [0.717, 1.165) is 24.6 Å². The van der Waals surface area contributed by atoms with Crippen molar-refractivity contribution in [2.75, 3.05) is 33.0 Å². The summed E-state index contributed by atoms with van der Waals surface area (Å²) in [6.45, 7) is 13.4. The Labute approximate surface area is 244 Å². The molecular formula is C29H52O12. The first kappa shape index (κ1) is 47.5.